The zero-order valence-electron chi connectivity index (χ0n) is 16.8. The molecule has 27 heavy (non-hydrogen) atoms. The van der Waals surface area contributed by atoms with Crippen LogP contribution in [0.25, 0.3) is 11.1 Å². The highest BCUT2D eigenvalue weighted by molar-refractivity contribution is 5.93. The highest BCUT2D eigenvalue weighted by Gasteiger charge is 2.13. The lowest BCUT2D eigenvalue weighted by atomic mass is 10.1. The molecule has 0 unspecified atom stereocenters. The SMILES string of the molecule is CCCCCCCC/C=C\CCCCCCC(=O)c1nc2cnccc2o1. The molecule has 0 aromatic carbocycles. The summed E-state index contributed by atoms with van der Waals surface area (Å²) in [7, 11) is 0. The molecule has 0 amide bonds. The molecule has 2 rings (SSSR count). The lowest BCUT2D eigenvalue weighted by Gasteiger charge is -1.99. The average molecular weight is 371 g/mol. The third-order valence-electron chi connectivity index (χ3n) is 4.84. The predicted molar refractivity (Wildman–Crippen MR) is 111 cm³/mol. The van der Waals surface area contributed by atoms with Crippen LogP contribution in [0.3, 0.4) is 0 Å². The molecule has 2 aromatic rings. The summed E-state index contributed by atoms with van der Waals surface area (Å²) in [6.45, 7) is 2.26. The van der Waals surface area contributed by atoms with Crippen LogP contribution in [0, 0.1) is 0 Å². The number of Topliss-reactive ketones (excluding diaryl/α,β-unsaturated/α-hetero) is 1. The second-order valence-electron chi connectivity index (χ2n) is 7.27. The van der Waals surface area contributed by atoms with Gasteiger partial charge in [-0.3, -0.25) is 9.78 Å². The Morgan fingerprint density at radius 2 is 1.63 bits per heavy atom. The third kappa shape index (κ3) is 8.51. The van der Waals surface area contributed by atoms with E-state index in [1.54, 1.807) is 18.5 Å². The number of pyridine rings is 1. The summed E-state index contributed by atoms with van der Waals surface area (Å²) < 4.78 is 5.49. The van der Waals surface area contributed by atoms with Gasteiger partial charge in [0.25, 0.3) is 5.89 Å². The van der Waals surface area contributed by atoms with Gasteiger partial charge in [0, 0.05) is 18.7 Å². The molecule has 4 heteroatoms. The van der Waals surface area contributed by atoms with E-state index in [0.29, 0.717) is 17.5 Å². The smallest absolute Gasteiger partial charge is 0.264 e. The van der Waals surface area contributed by atoms with Crippen LogP contribution < -0.4 is 0 Å². The van der Waals surface area contributed by atoms with Crippen molar-refractivity contribution in [3.05, 3.63) is 36.5 Å². The first-order chi connectivity index (χ1) is 13.3. The van der Waals surface area contributed by atoms with E-state index in [-0.39, 0.29) is 11.7 Å². The highest BCUT2D eigenvalue weighted by atomic mass is 16.4. The third-order valence-corrected chi connectivity index (χ3v) is 4.84. The van der Waals surface area contributed by atoms with Crippen LogP contribution in [0.2, 0.25) is 0 Å². The molecule has 0 bridgehead atoms. The van der Waals surface area contributed by atoms with Gasteiger partial charge in [0.2, 0.25) is 5.78 Å². The Kier molecular flexibility index (Phi) is 10.5. The zero-order chi connectivity index (χ0) is 19.2. The number of carbonyl (C=O) groups is 1. The maximum absolute atomic E-state index is 12.1. The fourth-order valence-electron chi connectivity index (χ4n) is 3.19. The van der Waals surface area contributed by atoms with E-state index in [0.717, 1.165) is 19.3 Å². The first-order valence-corrected chi connectivity index (χ1v) is 10.7. The molecule has 2 aromatic heterocycles. The minimum atomic E-state index is -0.00923. The number of oxazole rings is 1. The summed E-state index contributed by atoms with van der Waals surface area (Å²) in [5.41, 5.74) is 1.27. The Morgan fingerprint density at radius 1 is 0.963 bits per heavy atom. The monoisotopic (exact) mass is 370 g/mol. The largest absolute Gasteiger partial charge is 0.434 e. The summed E-state index contributed by atoms with van der Waals surface area (Å²) in [5, 5.41) is 0. The van der Waals surface area contributed by atoms with Crippen LogP contribution in [0.4, 0.5) is 0 Å². The van der Waals surface area contributed by atoms with Crippen LogP contribution in [0.5, 0.6) is 0 Å². The molecule has 2 heterocycles. The minimum Gasteiger partial charge on any atom is -0.434 e. The van der Waals surface area contributed by atoms with Crippen LogP contribution in [0.15, 0.2) is 35.0 Å². The minimum absolute atomic E-state index is 0.00923. The van der Waals surface area contributed by atoms with Gasteiger partial charge in [-0.25, -0.2) is 4.98 Å². The summed E-state index contributed by atoms with van der Waals surface area (Å²) in [6, 6.07) is 1.74. The molecule has 0 aliphatic rings. The number of fused-ring (bicyclic) bond motifs is 1. The molecule has 148 valence electrons. The number of nitrogens with zero attached hydrogens (tertiary/aromatic N) is 2. The van der Waals surface area contributed by atoms with Gasteiger partial charge < -0.3 is 4.42 Å². The van der Waals surface area contributed by atoms with Gasteiger partial charge in [0.05, 0.1) is 6.20 Å². The van der Waals surface area contributed by atoms with Crippen molar-refractivity contribution < 1.29 is 9.21 Å². The fourth-order valence-corrected chi connectivity index (χ4v) is 3.19. The molecule has 0 radical (unpaired) electrons. The topological polar surface area (TPSA) is 56.0 Å². The Morgan fingerprint density at radius 3 is 2.33 bits per heavy atom. The first kappa shape index (κ1) is 21.3. The molecule has 0 aliphatic heterocycles. The van der Waals surface area contributed by atoms with Gasteiger partial charge in [-0.05, 0) is 32.1 Å². The zero-order valence-corrected chi connectivity index (χ0v) is 16.8. The summed E-state index contributed by atoms with van der Waals surface area (Å²) in [5.74, 6) is 0.209. The van der Waals surface area contributed by atoms with E-state index in [1.807, 2.05) is 0 Å². The van der Waals surface area contributed by atoms with E-state index >= 15 is 0 Å². The molecule has 0 saturated carbocycles. The molecular weight excluding hydrogens is 336 g/mol. The predicted octanol–water partition coefficient (Wildman–Crippen LogP) is 7.05. The molecule has 0 saturated heterocycles. The van der Waals surface area contributed by atoms with Gasteiger partial charge in [0.15, 0.2) is 5.58 Å². The number of aromatic nitrogens is 2. The Bertz CT molecular complexity index is 657. The highest BCUT2D eigenvalue weighted by Crippen LogP contribution is 2.16. The number of hydrogen-bond acceptors (Lipinski definition) is 4. The normalized spacial score (nSPS) is 11.6. The number of hydrogen-bond donors (Lipinski definition) is 0. The number of ketones is 1. The molecule has 0 aliphatic carbocycles. The van der Waals surface area contributed by atoms with Crippen LogP contribution in [0.1, 0.15) is 101 Å². The van der Waals surface area contributed by atoms with Crippen LogP contribution >= 0.6 is 0 Å². The second kappa shape index (κ2) is 13.2. The van der Waals surface area contributed by atoms with Crippen molar-refractivity contribution in [2.75, 3.05) is 0 Å². The molecule has 0 N–H and O–H groups in total. The number of rotatable bonds is 15. The fraction of sp³-hybridized carbons (Fsp3) is 0.609. The summed E-state index contributed by atoms with van der Waals surface area (Å²) >= 11 is 0. The molecule has 0 spiro atoms. The van der Waals surface area contributed by atoms with E-state index in [2.05, 4.69) is 29.0 Å². The van der Waals surface area contributed by atoms with Crippen LogP contribution in [-0.4, -0.2) is 15.8 Å². The van der Waals surface area contributed by atoms with Crippen LogP contribution in [-0.2, 0) is 0 Å². The van der Waals surface area contributed by atoms with Gasteiger partial charge in [-0.1, -0.05) is 64.0 Å². The van der Waals surface area contributed by atoms with E-state index in [4.69, 9.17) is 4.42 Å². The lowest BCUT2D eigenvalue weighted by molar-refractivity contribution is 0.0947. The maximum Gasteiger partial charge on any atom is 0.264 e. The molecule has 0 fully saturated rings. The molecular formula is C23H34N2O2. The molecule has 0 atom stereocenters. The van der Waals surface area contributed by atoms with Crippen molar-refractivity contribution in [2.45, 2.75) is 90.4 Å². The van der Waals surface area contributed by atoms with Gasteiger partial charge >= 0.3 is 0 Å². The van der Waals surface area contributed by atoms with E-state index < -0.39 is 0 Å². The van der Waals surface area contributed by atoms with Gasteiger partial charge in [0.1, 0.15) is 5.52 Å². The van der Waals surface area contributed by atoms with Crippen molar-refractivity contribution in [3.8, 4) is 0 Å². The van der Waals surface area contributed by atoms with Crippen molar-refractivity contribution in [1.82, 2.24) is 9.97 Å². The van der Waals surface area contributed by atoms with Gasteiger partial charge in [-0.2, -0.15) is 0 Å². The quantitative estimate of drug-likeness (QED) is 0.191. The van der Waals surface area contributed by atoms with Crippen molar-refractivity contribution in [1.29, 1.82) is 0 Å². The Labute approximate surface area is 163 Å². The van der Waals surface area contributed by atoms with Crippen molar-refractivity contribution >= 4 is 16.9 Å². The standard InChI is InChI=1S/C23H34N2O2/c1-2-3-4-5-6-7-8-9-10-11-12-13-14-15-16-21(26)23-25-20-19-24-18-17-22(20)27-23/h9-10,17-19H,2-8,11-16H2,1H3/b10-9-. The molecule has 4 nitrogen and oxygen atoms in total. The van der Waals surface area contributed by atoms with Crippen molar-refractivity contribution in [2.24, 2.45) is 0 Å². The average Bonchev–Trinajstić information content (AvgIpc) is 3.12. The Balaban J connectivity index is 1.45. The van der Waals surface area contributed by atoms with Crippen molar-refractivity contribution in [3.63, 3.8) is 0 Å². The summed E-state index contributed by atoms with van der Waals surface area (Å²) in [4.78, 5) is 20.3. The first-order valence-electron chi connectivity index (χ1n) is 10.7. The maximum atomic E-state index is 12.1. The number of unbranched alkanes of at least 4 members (excludes halogenated alkanes) is 10. The van der Waals surface area contributed by atoms with E-state index in [1.165, 1.54) is 57.8 Å². The van der Waals surface area contributed by atoms with Gasteiger partial charge in [-0.15, -0.1) is 0 Å². The Hall–Kier alpha value is -1.97. The number of carbonyl (C=O) groups excluding carboxylic acids is 1. The van der Waals surface area contributed by atoms with E-state index in [9.17, 15) is 4.79 Å². The second-order valence-corrected chi connectivity index (χ2v) is 7.27. The number of allylic oxidation sites excluding steroid dienone is 2. The lowest BCUT2D eigenvalue weighted by Crippen LogP contribution is -1.98. The summed E-state index contributed by atoms with van der Waals surface area (Å²) in [6.07, 6.45) is 23.4.